The molecule has 0 amide bonds. The van der Waals surface area contributed by atoms with Gasteiger partial charge in [-0.25, -0.2) is 19.2 Å². The molecule has 0 aliphatic heterocycles. The molecule has 2 atom stereocenters. The van der Waals surface area contributed by atoms with E-state index in [2.05, 4.69) is 0 Å². The molecule has 0 fully saturated rings. The molecule has 8 nitrogen and oxygen atoms in total. The van der Waals surface area contributed by atoms with Crippen molar-refractivity contribution in [3.63, 3.8) is 0 Å². The van der Waals surface area contributed by atoms with Crippen LogP contribution < -0.4 is 0 Å². The fourth-order valence-electron chi connectivity index (χ4n) is 2.23. The lowest BCUT2D eigenvalue weighted by Crippen LogP contribution is -2.45. The van der Waals surface area contributed by atoms with Crippen LogP contribution in [0, 0.1) is 13.8 Å². The highest BCUT2D eigenvalue weighted by Gasteiger charge is 2.41. The highest BCUT2D eigenvalue weighted by atomic mass is 16.6. The second-order valence-electron chi connectivity index (χ2n) is 6.06. The lowest BCUT2D eigenvalue weighted by Gasteiger charge is -2.21. The second kappa shape index (κ2) is 11.4. The third-order valence-electron chi connectivity index (χ3n) is 3.80. The van der Waals surface area contributed by atoms with Gasteiger partial charge in [-0.1, -0.05) is 49.2 Å². The summed E-state index contributed by atoms with van der Waals surface area (Å²) >= 11 is 0. The molecule has 0 spiro atoms. The molecule has 2 N–H and O–H groups in total. The van der Waals surface area contributed by atoms with E-state index in [1.807, 2.05) is 13.8 Å². The zero-order valence-electron chi connectivity index (χ0n) is 17.1. The highest BCUT2D eigenvalue weighted by molar-refractivity contribution is 5.95. The summed E-state index contributed by atoms with van der Waals surface area (Å²) < 4.78 is 9.64. The molecule has 160 valence electrons. The van der Waals surface area contributed by atoms with Crippen molar-refractivity contribution in [2.75, 3.05) is 0 Å². The summed E-state index contributed by atoms with van der Waals surface area (Å²) in [5, 5.41) is 18.6. The number of carboxylic acids is 2. The number of benzene rings is 2. The Morgan fingerprint density at radius 3 is 1.13 bits per heavy atom. The van der Waals surface area contributed by atoms with Crippen molar-refractivity contribution in [1.29, 1.82) is 0 Å². The summed E-state index contributed by atoms with van der Waals surface area (Å²) in [7, 11) is 0. The van der Waals surface area contributed by atoms with Gasteiger partial charge in [0, 0.05) is 0 Å². The first-order valence-electron chi connectivity index (χ1n) is 9.20. The first-order chi connectivity index (χ1) is 14.2. The van der Waals surface area contributed by atoms with Crippen LogP contribution in [0.25, 0.3) is 0 Å². The first kappa shape index (κ1) is 24.4. The third-order valence-corrected chi connectivity index (χ3v) is 3.80. The van der Waals surface area contributed by atoms with E-state index in [0.717, 1.165) is 11.1 Å². The minimum Gasteiger partial charge on any atom is -0.478 e. The number of esters is 2. The summed E-state index contributed by atoms with van der Waals surface area (Å²) in [6.45, 7) is 7.58. The Morgan fingerprint density at radius 2 is 0.900 bits per heavy atom. The number of carbonyl (C=O) groups excluding carboxylic acids is 2. The number of aryl methyl sites for hydroxylation is 2. The molecule has 0 bridgehead atoms. The van der Waals surface area contributed by atoms with Crippen LogP contribution in [0.1, 0.15) is 45.7 Å². The van der Waals surface area contributed by atoms with Crippen LogP contribution in [0.2, 0.25) is 0 Å². The maximum absolute atomic E-state index is 12.2. The number of hydrogen-bond acceptors (Lipinski definition) is 6. The van der Waals surface area contributed by atoms with E-state index >= 15 is 0 Å². The van der Waals surface area contributed by atoms with Gasteiger partial charge >= 0.3 is 23.9 Å². The quantitative estimate of drug-likeness (QED) is 0.659. The summed E-state index contributed by atoms with van der Waals surface area (Å²) in [6.07, 6.45) is -4.44. The monoisotopic (exact) mass is 416 g/mol. The second-order valence-corrected chi connectivity index (χ2v) is 6.06. The van der Waals surface area contributed by atoms with Crippen molar-refractivity contribution in [2.45, 2.75) is 39.9 Å². The Balaban J connectivity index is 0.00000218. The van der Waals surface area contributed by atoms with E-state index in [9.17, 15) is 29.4 Å². The number of aliphatic carboxylic acids is 2. The summed E-state index contributed by atoms with van der Waals surface area (Å²) in [4.78, 5) is 47.3. The minimum atomic E-state index is -2.22. The summed E-state index contributed by atoms with van der Waals surface area (Å²) in [6, 6.07) is 12.1. The van der Waals surface area contributed by atoms with Crippen LogP contribution in [-0.2, 0) is 19.1 Å². The molecule has 2 rings (SSSR count). The van der Waals surface area contributed by atoms with Gasteiger partial charge in [-0.15, -0.1) is 0 Å². The lowest BCUT2D eigenvalue weighted by atomic mass is 10.1. The largest absolute Gasteiger partial charge is 0.478 e. The number of carboxylic acid groups (broad SMARTS) is 2. The molecule has 30 heavy (non-hydrogen) atoms. The predicted molar refractivity (Wildman–Crippen MR) is 107 cm³/mol. The van der Waals surface area contributed by atoms with Crippen molar-refractivity contribution < 1.29 is 38.9 Å². The lowest BCUT2D eigenvalue weighted by molar-refractivity contribution is -0.166. The Morgan fingerprint density at radius 1 is 0.633 bits per heavy atom. The van der Waals surface area contributed by atoms with Gasteiger partial charge in [-0.05, 0) is 38.1 Å². The van der Waals surface area contributed by atoms with Gasteiger partial charge < -0.3 is 19.7 Å². The highest BCUT2D eigenvalue weighted by Crippen LogP contribution is 2.14. The van der Waals surface area contributed by atoms with Crippen LogP contribution >= 0.6 is 0 Å². The molecule has 0 heterocycles. The van der Waals surface area contributed by atoms with E-state index in [0.29, 0.717) is 0 Å². The van der Waals surface area contributed by atoms with Crippen molar-refractivity contribution in [3.05, 3.63) is 70.8 Å². The number of ether oxygens (including phenoxy) is 2. The molecule has 0 saturated heterocycles. The van der Waals surface area contributed by atoms with Crippen molar-refractivity contribution >= 4 is 23.9 Å². The topological polar surface area (TPSA) is 127 Å². The average Bonchev–Trinajstić information content (AvgIpc) is 2.72. The van der Waals surface area contributed by atoms with Crippen LogP contribution in [0.5, 0.6) is 0 Å². The van der Waals surface area contributed by atoms with Gasteiger partial charge in [0.05, 0.1) is 11.1 Å². The van der Waals surface area contributed by atoms with Gasteiger partial charge in [-0.3, -0.25) is 0 Å². The van der Waals surface area contributed by atoms with Crippen LogP contribution in [0.15, 0.2) is 48.5 Å². The van der Waals surface area contributed by atoms with E-state index in [1.54, 1.807) is 38.1 Å². The van der Waals surface area contributed by atoms with Gasteiger partial charge in [0.25, 0.3) is 0 Å². The number of hydrogen-bond donors (Lipinski definition) is 2. The van der Waals surface area contributed by atoms with E-state index in [4.69, 9.17) is 9.47 Å². The Bertz CT molecular complexity index is 809. The van der Waals surface area contributed by atoms with Crippen LogP contribution in [0.3, 0.4) is 0 Å². The van der Waals surface area contributed by atoms with Gasteiger partial charge in [0.1, 0.15) is 0 Å². The fourth-order valence-corrected chi connectivity index (χ4v) is 2.23. The summed E-state index contributed by atoms with van der Waals surface area (Å²) in [5.74, 6) is -5.62. The Hall–Kier alpha value is -3.68. The number of carbonyl (C=O) groups is 4. The average molecular weight is 416 g/mol. The smallest absolute Gasteiger partial charge is 0.349 e. The molecule has 2 unspecified atom stereocenters. The zero-order chi connectivity index (χ0) is 22.8. The van der Waals surface area contributed by atoms with Crippen molar-refractivity contribution in [1.82, 2.24) is 0 Å². The molecule has 8 heteroatoms. The maximum atomic E-state index is 12.2. The van der Waals surface area contributed by atoms with Crippen molar-refractivity contribution in [3.8, 4) is 0 Å². The first-order valence-corrected chi connectivity index (χ1v) is 9.20. The number of rotatable bonds is 7. The minimum absolute atomic E-state index is 0.0332. The maximum Gasteiger partial charge on any atom is 0.349 e. The van der Waals surface area contributed by atoms with Gasteiger partial charge in [0.15, 0.2) is 0 Å². The molecular formula is C22H24O8. The van der Waals surface area contributed by atoms with E-state index < -0.39 is 36.1 Å². The molecule has 0 aliphatic rings. The molecule has 2 aromatic rings. The zero-order valence-corrected chi connectivity index (χ0v) is 17.1. The molecule has 2 aromatic carbocycles. The standard InChI is InChI=1S/C20H18O8.C2H6/c1-11-3-7-13(8-4-11)19(25)27-15(17(21)22)16(18(23)24)28-20(26)14-9-5-12(2)6-10-14;1-2/h3-10,15-16H,1-2H3,(H,21,22)(H,23,24);1-2H3. The van der Waals surface area contributed by atoms with Crippen LogP contribution in [-0.4, -0.2) is 46.3 Å². The predicted octanol–water partition coefficient (Wildman–Crippen LogP) is 3.25. The Labute approximate surface area is 174 Å². The molecule has 0 aliphatic carbocycles. The Kier molecular flexibility index (Phi) is 9.22. The molecule has 0 aromatic heterocycles. The fraction of sp³-hybridized carbons (Fsp3) is 0.273. The summed E-state index contributed by atoms with van der Waals surface area (Å²) in [5.41, 5.74) is 1.79. The molecular weight excluding hydrogens is 392 g/mol. The van der Waals surface area contributed by atoms with Crippen molar-refractivity contribution in [2.24, 2.45) is 0 Å². The van der Waals surface area contributed by atoms with E-state index in [-0.39, 0.29) is 11.1 Å². The SMILES string of the molecule is CC.Cc1ccc(C(=O)OC(C(=O)O)C(OC(=O)c2ccc(C)cc2)C(=O)O)cc1. The van der Waals surface area contributed by atoms with Crippen LogP contribution in [0.4, 0.5) is 0 Å². The third kappa shape index (κ3) is 6.73. The van der Waals surface area contributed by atoms with Gasteiger partial charge in [-0.2, -0.15) is 0 Å². The molecule has 0 radical (unpaired) electrons. The normalized spacial score (nSPS) is 11.9. The van der Waals surface area contributed by atoms with Gasteiger partial charge in [0.2, 0.25) is 12.2 Å². The molecule has 0 saturated carbocycles. The van der Waals surface area contributed by atoms with E-state index in [1.165, 1.54) is 24.3 Å².